The summed E-state index contributed by atoms with van der Waals surface area (Å²) in [6.45, 7) is 6.84. The third kappa shape index (κ3) is 4.85. The Morgan fingerprint density at radius 3 is 2.41 bits per heavy atom. The zero-order valence-electron chi connectivity index (χ0n) is 18.3. The Morgan fingerprint density at radius 1 is 1.12 bits per heavy atom. The average molecular weight is 464 g/mol. The van der Waals surface area contributed by atoms with Gasteiger partial charge in [-0.3, -0.25) is 14.4 Å². The Hall–Kier alpha value is -3.14. The van der Waals surface area contributed by atoms with Gasteiger partial charge in [0.1, 0.15) is 13.2 Å². The summed E-state index contributed by atoms with van der Waals surface area (Å²) < 4.78 is 41.1. The number of hydrogen-bond acceptors (Lipinski definition) is 8. The molecule has 2 heterocycles. The number of benzene rings is 1. The highest BCUT2D eigenvalue weighted by atomic mass is 32.2. The number of ether oxygens (including phenoxy) is 3. The number of H-pyrrole nitrogens is 1. The molecule has 1 N–H and O–H groups in total. The van der Waals surface area contributed by atoms with Gasteiger partial charge in [-0.2, -0.15) is 0 Å². The summed E-state index contributed by atoms with van der Waals surface area (Å²) in [5.74, 6) is -1.18. The summed E-state index contributed by atoms with van der Waals surface area (Å²) in [7, 11) is -3.78. The third-order valence-corrected chi connectivity index (χ3v) is 6.87. The molecule has 2 aromatic rings. The summed E-state index contributed by atoms with van der Waals surface area (Å²) in [5, 5.41) is 0. The number of esters is 1. The fraction of sp³-hybridized carbons (Fsp3) is 0.409. The zero-order valence-corrected chi connectivity index (χ0v) is 19.1. The van der Waals surface area contributed by atoms with Crippen molar-refractivity contribution in [1.29, 1.82) is 0 Å². The number of aromatic amines is 1. The highest BCUT2D eigenvalue weighted by molar-refractivity contribution is 7.91. The standard InChI is InChI=1S/C22H25NO8S/c1-12-20(14(3)24)13(2)23-21(12)22(26)15(4)31-19(25)7-10-32(27,28)16-5-6-17-18(11-16)30-9-8-29-17/h5-6,11,15,23H,7-10H2,1-4H3. The number of hydrogen-bond donors (Lipinski definition) is 1. The average Bonchev–Trinajstić information content (AvgIpc) is 3.05. The maximum absolute atomic E-state index is 12.7. The van der Waals surface area contributed by atoms with Gasteiger partial charge in [-0.05, 0) is 45.4 Å². The van der Waals surface area contributed by atoms with Crippen LogP contribution in [-0.4, -0.2) is 56.0 Å². The van der Waals surface area contributed by atoms with Crippen molar-refractivity contribution in [2.75, 3.05) is 19.0 Å². The number of aromatic nitrogens is 1. The van der Waals surface area contributed by atoms with E-state index in [9.17, 15) is 22.8 Å². The lowest BCUT2D eigenvalue weighted by Gasteiger charge is -2.18. The predicted molar refractivity (Wildman–Crippen MR) is 114 cm³/mol. The Balaban J connectivity index is 1.62. The van der Waals surface area contributed by atoms with E-state index in [2.05, 4.69) is 4.98 Å². The molecule has 0 amide bonds. The highest BCUT2D eigenvalue weighted by Crippen LogP contribution is 2.32. The first-order valence-corrected chi connectivity index (χ1v) is 11.7. The van der Waals surface area contributed by atoms with Crippen LogP contribution in [0.1, 0.15) is 52.4 Å². The monoisotopic (exact) mass is 463 g/mol. The van der Waals surface area contributed by atoms with E-state index >= 15 is 0 Å². The van der Waals surface area contributed by atoms with Crippen LogP contribution >= 0.6 is 0 Å². The molecule has 1 aromatic heterocycles. The van der Waals surface area contributed by atoms with Crippen LogP contribution < -0.4 is 9.47 Å². The van der Waals surface area contributed by atoms with Gasteiger partial charge in [-0.1, -0.05) is 0 Å². The second kappa shape index (κ2) is 9.15. The number of sulfone groups is 1. The first-order chi connectivity index (χ1) is 15.0. The van der Waals surface area contributed by atoms with Gasteiger partial charge < -0.3 is 19.2 Å². The third-order valence-electron chi connectivity index (χ3n) is 5.16. The van der Waals surface area contributed by atoms with Crippen LogP contribution in [0.15, 0.2) is 23.1 Å². The second-order valence-electron chi connectivity index (χ2n) is 7.55. The minimum absolute atomic E-state index is 0.00734. The lowest BCUT2D eigenvalue weighted by atomic mass is 10.0. The van der Waals surface area contributed by atoms with Crippen molar-refractivity contribution >= 4 is 27.4 Å². The fourth-order valence-electron chi connectivity index (χ4n) is 3.59. The molecule has 1 unspecified atom stereocenters. The molecule has 1 aliphatic heterocycles. The SMILES string of the molecule is CC(=O)c1c(C)[nH]c(C(=O)C(C)OC(=O)CCS(=O)(=O)c2ccc3c(c2)OCCO3)c1C. The van der Waals surface area contributed by atoms with Crippen LogP contribution in [0.3, 0.4) is 0 Å². The van der Waals surface area contributed by atoms with E-state index in [1.165, 1.54) is 32.0 Å². The number of ketones is 2. The molecule has 1 atom stereocenters. The molecule has 172 valence electrons. The number of carbonyl (C=O) groups is 3. The molecule has 0 aliphatic carbocycles. The molecule has 0 radical (unpaired) electrons. The Labute approximate surface area is 186 Å². The van der Waals surface area contributed by atoms with E-state index in [4.69, 9.17) is 14.2 Å². The van der Waals surface area contributed by atoms with Gasteiger partial charge in [-0.25, -0.2) is 8.42 Å². The molecule has 32 heavy (non-hydrogen) atoms. The van der Waals surface area contributed by atoms with Crippen molar-refractivity contribution in [3.8, 4) is 11.5 Å². The van der Waals surface area contributed by atoms with Crippen LogP contribution in [0.5, 0.6) is 11.5 Å². The van der Waals surface area contributed by atoms with E-state index in [0.29, 0.717) is 41.5 Å². The van der Waals surface area contributed by atoms with Gasteiger partial charge in [0.05, 0.1) is 22.8 Å². The van der Waals surface area contributed by atoms with Crippen molar-refractivity contribution < 1.29 is 37.0 Å². The second-order valence-corrected chi connectivity index (χ2v) is 9.66. The zero-order chi connectivity index (χ0) is 23.6. The Morgan fingerprint density at radius 2 is 1.78 bits per heavy atom. The number of rotatable bonds is 8. The summed E-state index contributed by atoms with van der Waals surface area (Å²) in [6.07, 6.45) is -1.56. The summed E-state index contributed by atoms with van der Waals surface area (Å²) >= 11 is 0. The first-order valence-electron chi connectivity index (χ1n) is 10.1. The molecule has 0 spiro atoms. The van der Waals surface area contributed by atoms with Crippen molar-refractivity contribution in [1.82, 2.24) is 4.98 Å². The number of nitrogens with one attached hydrogen (secondary N) is 1. The molecule has 1 aliphatic rings. The molecule has 10 heteroatoms. The lowest BCUT2D eigenvalue weighted by Crippen LogP contribution is -2.26. The molecular weight excluding hydrogens is 438 g/mol. The summed E-state index contributed by atoms with van der Waals surface area (Å²) in [6, 6.07) is 4.27. The van der Waals surface area contributed by atoms with Gasteiger partial charge in [0.15, 0.2) is 33.2 Å². The molecular formula is C22H25NO8S. The van der Waals surface area contributed by atoms with Gasteiger partial charge in [0.25, 0.3) is 0 Å². The normalized spacial score (nSPS) is 14.0. The minimum atomic E-state index is -3.78. The Kier molecular flexibility index (Phi) is 6.73. The van der Waals surface area contributed by atoms with Gasteiger partial charge >= 0.3 is 5.97 Å². The Bertz CT molecular complexity index is 1180. The molecule has 0 bridgehead atoms. The van der Waals surface area contributed by atoms with E-state index in [1.54, 1.807) is 13.8 Å². The van der Waals surface area contributed by atoms with Crippen LogP contribution in [-0.2, 0) is 19.4 Å². The molecule has 3 rings (SSSR count). The summed E-state index contributed by atoms with van der Waals surface area (Å²) in [4.78, 5) is 39.5. The van der Waals surface area contributed by atoms with Crippen LogP contribution in [0.4, 0.5) is 0 Å². The predicted octanol–water partition coefficient (Wildman–Crippen LogP) is 2.58. The van der Waals surface area contributed by atoms with Crippen LogP contribution in [0.2, 0.25) is 0 Å². The number of Topliss-reactive ketones (excluding diaryl/α,β-unsaturated/α-hetero) is 2. The quantitative estimate of drug-likeness (QED) is 0.467. The van der Waals surface area contributed by atoms with E-state index in [-0.39, 0.29) is 16.4 Å². The smallest absolute Gasteiger partial charge is 0.307 e. The van der Waals surface area contributed by atoms with E-state index in [1.807, 2.05) is 0 Å². The van der Waals surface area contributed by atoms with E-state index in [0.717, 1.165) is 0 Å². The van der Waals surface area contributed by atoms with Crippen LogP contribution in [0.25, 0.3) is 0 Å². The highest BCUT2D eigenvalue weighted by Gasteiger charge is 2.27. The van der Waals surface area contributed by atoms with Crippen molar-refractivity contribution in [3.63, 3.8) is 0 Å². The van der Waals surface area contributed by atoms with Crippen molar-refractivity contribution in [2.24, 2.45) is 0 Å². The fourth-order valence-corrected chi connectivity index (χ4v) is 4.82. The van der Waals surface area contributed by atoms with Gasteiger partial charge in [0.2, 0.25) is 5.78 Å². The van der Waals surface area contributed by atoms with Crippen molar-refractivity contribution in [2.45, 2.75) is 45.1 Å². The van der Waals surface area contributed by atoms with Gasteiger partial charge in [-0.15, -0.1) is 0 Å². The van der Waals surface area contributed by atoms with Crippen molar-refractivity contribution in [3.05, 3.63) is 40.7 Å². The topological polar surface area (TPSA) is 129 Å². The summed E-state index contributed by atoms with van der Waals surface area (Å²) in [5.41, 5.74) is 1.67. The van der Waals surface area contributed by atoms with Crippen LogP contribution in [0, 0.1) is 13.8 Å². The molecule has 0 saturated carbocycles. The number of carbonyl (C=O) groups excluding carboxylic acids is 3. The number of aryl methyl sites for hydroxylation is 1. The maximum Gasteiger partial charge on any atom is 0.307 e. The largest absolute Gasteiger partial charge is 0.486 e. The molecule has 0 fully saturated rings. The molecule has 9 nitrogen and oxygen atoms in total. The molecule has 0 saturated heterocycles. The maximum atomic E-state index is 12.7. The van der Waals surface area contributed by atoms with Gasteiger partial charge in [0, 0.05) is 17.3 Å². The van der Waals surface area contributed by atoms with E-state index < -0.39 is 39.9 Å². The molecule has 1 aromatic carbocycles. The lowest BCUT2D eigenvalue weighted by molar-refractivity contribution is -0.145. The number of fused-ring (bicyclic) bond motifs is 1. The minimum Gasteiger partial charge on any atom is -0.486 e. The first kappa shape index (κ1) is 23.5.